The number of benzene rings is 2. The summed E-state index contributed by atoms with van der Waals surface area (Å²) in [6.45, 7) is 0. The molecule has 2 N–H and O–H groups in total. The number of aromatic nitrogens is 1. The van der Waals surface area contributed by atoms with Crippen LogP contribution in [0.25, 0.3) is 11.3 Å². The Bertz CT molecular complexity index is 1050. The van der Waals surface area contributed by atoms with Crippen molar-refractivity contribution in [2.45, 2.75) is 6.18 Å². The van der Waals surface area contributed by atoms with Crippen LogP contribution in [0.4, 0.5) is 24.0 Å². The maximum Gasteiger partial charge on any atom is 0.416 e. The summed E-state index contributed by atoms with van der Waals surface area (Å²) in [7, 11) is 0. The second-order valence-electron chi connectivity index (χ2n) is 5.46. The molecule has 27 heavy (non-hydrogen) atoms. The van der Waals surface area contributed by atoms with Crippen LogP contribution in [0.15, 0.2) is 47.8 Å². The molecule has 3 rings (SSSR count). The maximum atomic E-state index is 12.8. The predicted octanol–water partition coefficient (Wildman–Crippen LogP) is 5.14. The summed E-state index contributed by atoms with van der Waals surface area (Å²) in [4.78, 5) is 15.4. The number of aromatic carboxylic acids is 1. The summed E-state index contributed by atoms with van der Waals surface area (Å²) in [5.41, 5.74) is 0.406. The van der Waals surface area contributed by atoms with Crippen molar-refractivity contribution in [2.24, 2.45) is 0 Å². The van der Waals surface area contributed by atoms with E-state index in [4.69, 9.17) is 10.4 Å². The SMILES string of the molecule is N#Cc1cc(C(=O)O)cc(-c2csc(Nc3cccc(C(F)(F)F)c3)n2)c1. The smallest absolute Gasteiger partial charge is 0.416 e. The Morgan fingerprint density at radius 3 is 2.67 bits per heavy atom. The van der Waals surface area contributed by atoms with Gasteiger partial charge in [-0.05, 0) is 36.4 Å². The zero-order valence-electron chi connectivity index (χ0n) is 13.4. The molecule has 0 bridgehead atoms. The van der Waals surface area contributed by atoms with E-state index in [0.717, 1.165) is 23.5 Å². The number of nitrogens with one attached hydrogen (secondary N) is 1. The van der Waals surface area contributed by atoms with Crippen molar-refractivity contribution < 1.29 is 23.1 Å². The highest BCUT2D eigenvalue weighted by Crippen LogP contribution is 2.33. The lowest BCUT2D eigenvalue weighted by Gasteiger charge is -2.09. The van der Waals surface area contributed by atoms with Crippen molar-refractivity contribution in [2.75, 3.05) is 5.32 Å². The minimum Gasteiger partial charge on any atom is -0.478 e. The number of rotatable bonds is 4. The number of carboxylic acid groups (broad SMARTS) is 1. The first-order valence-corrected chi connectivity index (χ1v) is 8.33. The van der Waals surface area contributed by atoms with E-state index < -0.39 is 17.7 Å². The summed E-state index contributed by atoms with van der Waals surface area (Å²) in [6, 6.07) is 10.7. The van der Waals surface area contributed by atoms with Gasteiger partial charge in [0.25, 0.3) is 0 Å². The highest BCUT2D eigenvalue weighted by molar-refractivity contribution is 7.14. The molecule has 0 aliphatic rings. The summed E-state index contributed by atoms with van der Waals surface area (Å²) >= 11 is 1.15. The molecule has 0 spiro atoms. The second-order valence-corrected chi connectivity index (χ2v) is 6.32. The van der Waals surface area contributed by atoms with Gasteiger partial charge in [-0.1, -0.05) is 6.07 Å². The fourth-order valence-corrected chi connectivity index (χ4v) is 3.06. The summed E-state index contributed by atoms with van der Waals surface area (Å²) in [6.07, 6.45) is -4.45. The molecule has 1 heterocycles. The monoisotopic (exact) mass is 389 g/mol. The Balaban J connectivity index is 1.89. The molecule has 136 valence electrons. The van der Waals surface area contributed by atoms with E-state index >= 15 is 0 Å². The number of hydrogen-bond acceptors (Lipinski definition) is 5. The van der Waals surface area contributed by atoms with Crippen LogP contribution in [-0.4, -0.2) is 16.1 Å². The van der Waals surface area contributed by atoms with Gasteiger partial charge in [-0.2, -0.15) is 18.4 Å². The lowest BCUT2D eigenvalue weighted by molar-refractivity contribution is -0.137. The average Bonchev–Trinajstić information content (AvgIpc) is 3.09. The van der Waals surface area contributed by atoms with Crippen LogP contribution in [0.2, 0.25) is 0 Å². The van der Waals surface area contributed by atoms with E-state index in [9.17, 15) is 18.0 Å². The van der Waals surface area contributed by atoms with Crippen LogP contribution in [0.1, 0.15) is 21.5 Å². The number of carbonyl (C=O) groups is 1. The fraction of sp³-hybridized carbons (Fsp3) is 0.0556. The fourth-order valence-electron chi connectivity index (χ4n) is 2.32. The number of carboxylic acids is 1. The molecule has 2 aromatic carbocycles. The van der Waals surface area contributed by atoms with Crippen molar-refractivity contribution in [1.29, 1.82) is 5.26 Å². The van der Waals surface area contributed by atoms with E-state index in [1.165, 1.54) is 30.3 Å². The molecule has 0 aliphatic heterocycles. The zero-order valence-corrected chi connectivity index (χ0v) is 14.2. The van der Waals surface area contributed by atoms with E-state index in [2.05, 4.69) is 10.3 Å². The Kier molecular flexibility index (Phi) is 4.83. The second kappa shape index (κ2) is 7.09. The number of thiazole rings is 1. The Hall–Kier alpha value is -3.38. The molecule has 5 nitrogen and oxygen atoms in total. The minimum atomic E-state index is -4.45. The van der Waals surface area contributed by atoms with Gasteiger partial charge < -0.3 is 10.4 Å². The third-order valence-electron chi connectivity index (χ3n) is 3.55. The molecule has 0 aliphatic carbocycles. The van der Waals surface area contributed by atoms with Crippen molar-refractivity contribution in [3.8, 4) is 17.3 Å². The third-order valence-corrected chi connectivity index (χ3v) is 4.31. The number of anilines is 2. The van der Waals surface area contributed by atoms with Crippen molar-refractivity contribution in [3.05, 3.63) is 64.5 Å². The van der Waals surface area contributed by atoms with Crippen LogP contribution in [-0.2, 0) is 6.18 Å². The Labute approximate surface area is 155 Å². The van der Waals surface area contributed by atoms with Crippen molar-refractivity contribution in [3.63, 3.8) is 0 Å². The lowest BCUT2D eigenvalue weighted by Crippen LogP contribution is -2.05. The van der Waals surface area contributed by atoms with Gasteiger partial charge in [-0.25, -0.2) is 9.78 Å². The van der Waals surface area contributed by atoms with Crippen LogP contribution in [0.3, 0.4) is 0 Å². The molecule has 0 saturated heterocycles. The van der Waals surface area contributed by atoms with Crippen LogP contribution >= 0.6 is 11.3 Å². The summed E-state index contributed by atoms with van der Waals surface area (Å²) < 4.78 is 38.4. The predicted molar refractivity (Wildman–Crippen MR) is 94.0 cm³/mol. The highest BCUT2D eigenvalue weighted by Gasteiger charge is 2.30. The van der Waals surface area contributed by atoms with E-state index in [0.29, 0.717) is 16.4 Å². The molecule has 9 heteroatoms. The maximum absolute atomic E-state index is 12.8. The minimum absolute atomic E-state index is 0.0514. The number of halogens is 3. The zero-order chi connectivity index (χ0) is 19.6. The number of nitrogens with zero attached hydrogens (tertiary/aromatic N) is 2. The van der Waals surface area contributed by atoms with E-state index in [1.54, 1.807) is 5.38 Å². The molecule has 1 aromatic heterocycles. The van der Waals surface area contributed by atoms with Crippen molar-refractivity contribution in [1.82, 2.24) is 4.98 Å². The normalized spacial score (nSPS) is 11.0. The standard InChI is InChI=1S/C18H10F3N3O2S/c19-18(20,21)13-2-1-3-14(7-13)23-17-24-15(9-27-17)11-4-10(8-22)5-12(6-11)16(25)26/h1-7,9H,(H,23,24)(H,25,26). The molecule has 0 unspecified atom stereocenters. The molecule has 0 radical (unpaired) electrons. The van der Waals surface area contributed by atoms with Gasteiger partial charge in [0.2, 0.25) is 0 Å². The molecular formula is C18H10F3N3O2S. The number of alkyl halides is 3. The quantitative estimate of drug-likeness (QED) is 0.645. The van der Waals surface area contributed by atoms with Crippen LogP contribution in [0.5, 0.6) is 0 Å². The molecular weight excluding hydrogens is 379 g/mol. The van der Waals surface area contributed by atoms with E-state index in [1.807, 2.05) is 6.07 Å². The molecule has 0 fully saturated rings. The Morgan fingerprint density at radius 2 is 2.00 bits per heavy atom. The summed E-state index contributed by atoms with van der Waals surface area (Å²) in [5.74, 6) is -1.18. The first kappa shape index (κ1) is 18.4. The average molecular weight is 389 g/mol. The van der Waals surface area contributed by atoms with Gasteiger partial charge in [-0.3, -0.25) is 0 Å². The van der Waals surface area contributed by atoms with Gasteiger partial charge >= 0.3 is 12.1 Å². The first-order chi connectivity index (χ1) is 12.8. The molecule has 0 atom stereocenters. The van der Waals surface area contributed by atoms with Gasteiger partial charge in [0.05, 0.1) is 28.5 Å². The lowest BCUT2D eigenvalue weighted by atomic mass is 10.0. The van der Waals surface area contributed by atoms with Crippen LogP contribution in [0, 0.1) is 11.3 Å². The highest BCUT2D eigenvalue weighted by atomic mass is 32.1. The summed E-state index contributed by atoms with van der Waals surface area (Å²) in [5, 5.41) is 22.9. The van der Waals surface area contributed by atoms with Crippen molar-refractivity contribution >= 4 is 28.1 Å². The Morgan fingerprint density at radius 1 is 1.22 bits per heavy atom. The van der Waals surface area contributed by atoms with Gasteiger partial charge in [0.1, 0.15) is 0 Å². The number of hydrogen-bond donors (Lipinski definition) is 2. The number of nitriles is 1. The topological polar surface area (TPSA) is 86.0 Å². The van der Waals surface area contributed by atoms with Gasteiger partial charge in [0, 0.05) is 16.6 Å². The van der Waals surface area contributed by atoms with Crippen LogP contribution < -0.4 is 5.32 Å². The molecule has 0 saturated carbocycles. The van der Waals surface area contributed by atoms with Gasteiger partial charge in [0.15, 0.2) is 5.13 Å². The largest absolute Gasteiger partial charge is 0.478 e. The first-order valence-electron chi connectivity index (χ1n) is 7.45. The third kappa shape index (κ3) is 4.24. The molecule has 0 amide bonds. The van der Waals surface area contributed by atoms with Gasteiger partial charge in [-0.15, -0.1) is 11.3 Å². The van der Waals surface area contributed by atoms with E-state index in [-0.39, 0.29) is 16.8 Å². The molecule has 3 aromatic rings.